The summed E-state index contributed by atoms with van der Waals surface area (Å²) in [5.74, 6) is -1.02. The monoisotopic (exact) mass is 304 g/mol. The van der Waals surface area contributed by atoms with E-state index in [9.17, 15) is 28.4 Å². The standard InChI is InChI=1S/C10H12N2O7S/c1-19-10(14)8(13)6-11-20(17,18)9-5-3-2-4-7(9)12(15)16/h2-5,8,11,13H,6H2,1H3/t8-/m1/s1. The van der Waals surface area contributed by atoms with Crippen molar-refractivity contribution in [1.82, 2.24) is 4.72 Å². The molecular weight excluding hydrogens is 292 g/mol. The highest BCUT2D eigenvalue weighted by molar-refractivity contribution is 7.89. The van der Waals surface area contributed by atoms with E-state index in [-0.39, 0.29) is 0 Å². The number of carbonyl (C=O) groups is 1. The number of nitro groups is 1. The Kier molecular flexibility index (Phi) is 5.13. The minimum Gasteiger partial charge on any atom is -0.467 e. The van der Waals surface area contributed by atoms with Gasteiger partial charge in [0.25, 0.3) is 5.69 Å². The summed E-state index contributed by atoms with van der Waals surface area (Å²) in [6.07, 6.45) is -1.70. The smallest absolute Gasteiger partial charge is 0.336 e. The van der Waals surface area contributed by atoms with Crippen LogP contribution in [0.4, 0.5) is 5.69 Å². The Bertz CT molecular complexity index is 614. The van der Waals surface area contributed by atoms with Gasteiger partial charge in [-0.2, -0.15) is 0 Å². The first kappa shape index (κ1) is 16.0. The van der Waals surface area contributed by atoms with Crippen LogP contribution in [-0.4, -0.2) is 44.2 Å². The molecule has 0 saturated carbocycles. The number of esters is 1. The van der Waals surface area contributed by atoms with Crippen LogP contribution in [0.5, 0.6) is 0 Å². The quantitative estimate of drug-likeness (QED) is 0.407. The van der Waals surface area contributed by atoms with Crippen LogP contribution in [0.2, 0.25) is 0 Å². The van der Waals surface area contributed by atoms with Crippen molar-refractivity contribution < 1.29 is 28.0 Å². The van der Waals surface area contributed by atoms with Crippen molar-refractivity contribution in [2.45, 2.75) is 11.0 Å². The molecule has 0 spiro atoms. The van der Waals surface area contributed by atoms with Gasteiger partial charge in [0.1, 0.15) is 0 Å². The first-order valence-electron chi connectivity index (χ1n) is 5.28. The summed E-state index contributed by atoms with van der Waals surface area (Å²) in [7, 11) is -3.20. The van der Waals surface area contributed by atoms with Gasteiger partial charge in [-0.05, 0) is 6.07 Å². The van der Waals surface area contributed by atoms with E-state index >= 15 is 0 Å². The van der Waals surface area contributed by atoms with Crippen LogP contribution < -0.4 is 4.72 Å². The Morgan fingerprint density at radius 1 is 1.50 bits per heavy atom. The lowest BCUT2D eigenvalue weighted by Crippen LogP contribution is -2.37. The summed E-state index contributed by atoms with van der Waals surface area (Å²) in [6.45, 7) is -0.652. The van der Waals surface area contributed by atoms with Crippen LogP contribution in [0.3, 0.4) is 0 Å². The number of sulfonamides is 1. The molecule has 0 fully saturated rings. The number of benzene rings is 1. The Hall–Kier alpha value is -2.04. The summed E-state index contributed by atoms with van der Waals surface area (Å²) in [6, 6.07) is 4.72. The summed E-state index contributed by atoms with van der Waals surface area (Å²) in [5, 5.41) is 20.0. The number of rotatable bonds is 6. The van der Waals surface area contributed by atoms with E-state index in [1.54, 1.807) is 0 Å². The first-order chi connectivity index (χ1) is 9.29. The highest BCUT2D eigenvalue weighted by atomic mass is 32.2. The summed E-state index contributed by atoms with van der Waals surface area (Å²) in [4.78, 5) is 20.3. The summed E-state index contributed by atoms with van der Waals surface area (Å²) < 4.78 is 29.9. The molecule has 1 atom stereocenters. The molecule has 9 nitrogen and oxygen atoms in total. The van der Waals surface area contributed by atoms with Gasteiger partial charge in [0, 0.05) is 12.6 Å². The fourth-order valence-electron chi connectivity index (χ4n) is 1.32. The number of aliphatic hydroxyl groups excluding tert-OH is 1. The van der Waals surface area contributed by atoms with E-state index in [0.717, 1.165) is 19.2 Å². The average molecular weight is 304 g/mol. The molecule has 0 aliphatic rings. The third-order valence-electron chi connectivity index (χ3n) is 2.29. The number of ether oxygens (including phenoxy) is 1. The van der Waals surface area contributed by atoms with E-state index in [1.807, 2.05) is 4.72 Å². The van der Waals surface area contributed by atoms with Gasteiger partial charge < -0.3 is 9.84 Å². The number of hydrogen-bond donors (Lipinski definition) is 2. The van der Waals surface area contributed by atoms with E-state index in [4.69, 9.17) is 0 Å². The lowest BCUT2D eigenvalue weighted by molar-refractivity contribution is -0.387. The number of nitrogens with zero attached hydrogens (tertiary/aromatic N) is 1. The minimum absolute atomic E-state index is 0.554. The first-order valence-corrected chi connectivity index (χ1v) is 6.77. The third-order valence-corrected chi connectivity index (χ3v) is 3.76. The highest BCUT2D eigenvalue weighted by Crippen LogP contribution is 2.22. The maximum Gasteiger partial charge on any atom is 0.336 e. The maximum atomic E-state index is 11.9. The number of aliphatic hydroxyl groups is 1. The van der Waals surface area contributed by atoms with Gasteiger partial charge in [0.2, 0.25) is 10.0 Å². The lowest BCUT2D eigenvalue weighted by atomic mass is 10.3. The Morgan fingerprint density at radius 3 is 2.65 bits per heavy atom. The van der Waals surface area contributed by atoms with Crippen molar-refractivity contribution in [3.8, 4) is 0 Å². The fraction of sp³-hybridized carbons (Fsp3) is 0.300. The molecule has 1 aromatic carbocycles. The summed E-state index contributed by atoms with van der Waals surface area (Å²) in [5.41, 5.74) is -0.604. The normalized spacial score (nSPS) is 12.7. The maximum absolute atomic E-state index is 11.9. The predicted octanol–water partition coefficient (Wildman–Crippen LogP) is -0.593. The number of carbonyl (C=O) groups excluding carboxylic acids is 1. The van der Waals surface area contributed by atoms with Crippen molar-refractivity contribution in [2.75, 3.05) is 13.7 Å². The molecule has 0 radical (unpaired) electrons. The lowest BCUT2D eigenvalue weighted by Gasteiger charge is -2.10. The van der Waals surface area contributed by atoms with Gasteiger partial charge >= 0.3 is 5.97 Å². The zero-order chi connectivity index (χ0) is 15.3. The van der Waals surface area contributed by atoms with Crippen LogP contribution in [0.25, 0.3) is 0 Å². The van der Waals surface area contributed by atoms with Crippen molar-refractivity contribution in [3.05, 3.63) is 34.4 Å². The molecule has 1 rings (SSSR count). The van der Waals surface area contributed by atoms with Crippen molar-refractivity contribution >= 4 is 21.7 Å². The van der Waals surface area contributed by atoms with Gasteiger partial charge in [-0.25, -0.2) is 17.9 Å². The molecule has 0 aliphatic carbocycles. The molecule has 0 bridgehead atoms. The molecular formula is C10H12N2O7S. The molecule has 0 unspecified atom stereocenters. The summed E-state index contributed by atoms with van der Waals surface area (Å²) >= 11 is 0. The number of hydrogen-bond acceptors (Lipinski definition) is 7. The van der Waals surface area contributed by atoms with Crippen LogP contribution in [0.1, 0.15) is 0 Å². The van der Waals surface area contributed by atoms with Crippen molar-refractivity contribution in [2.24, 2.45) is 0 Å². The Balaban J connectivity index is 2.95. The van der Waals surface area contributed by atoms with Crippen LogP contribution in [0.15, 0.2) is 29.2 Å². The predicted molar refractivity (Wildman–Crippen MR) is 66.3 cm³/mol. The van der Waals surface area contributed by atoms with Gasteiger partial charge in [-0.1, -0.05) is 12.1 Å². The van der Waals surface area contributed by atoms with E-state index in [1.165, 1.54) is 12.1 Å². The van der Waals surface area contributed by atoms with Crippen molar-refractivity contribution in [3.63, 3.8) is 0 Å². The molecule has 0 aliphatic heterocycles. The Labute approximate surface area is 114 Å². The van der Waals surface area contributed by atoms with Gasteiger partial charge in [0.15, 0.2) is 11.0 Å². The van der Waals surface area contributed by atoms with E-state index in [0.29, 0.717) is 0 Å². The molecule has 0 aromatic heterocycles. The SMILES string of the molecule is COC(=O)[C@H](O)CNS(=O)(=O)c1ccccc1[N+](=O)[O-]. The Morgan fingerprint density at radius 2 is 2.10 bits per heavy atom. The van der Waals surface area contributed by atoms with Gasteiger partial charge in [-0.15, -0.1) is 0 Å². The second-order valence-corrected chi connectivity index (χ2v) is 5.35. The third kappa shape index (κ3) is 3.73. The molecule has 110 valence electrons. The minimum atomic E-state index is -4.23. The van der Waals surface area contributed by atoms with Gasteiger partial charge in [0.05, 0.1) is 12.0 Å². The molecule has 0 saturated heterocycles. The molecule has 1 aromatic rings. The molecule has 0 amide bonds. The molecule has 2 N–H and O–H groups in total. The van der Waals surface area contributed by atoms with Crippen molar-refractivity contribution in [1.29, 1.82) is 0 Å². The molecule has 10 heteroatoms. The van der Waals surface area contributed by atoms with E-state index in [2.05, 4.69) is 4.74 Å². The topological polar surface area (TPSA) is 136 Å². The largest absolute Gasteiger partial charge is 0.467 e. The van der Waals surface area contributed by atoms with E-state index < -0.39 is 44.1 Å². The zero-order valence-electron chi connectivity index (χ0n) is 10.3. The average Bonchev–Trinajstić information content (AvgIpc) is 2.43. The number of methoxy groups -OCH3 is 1. The number of nitro benzene ring substituents is 1. The zero-order valence-corrected chi connectivity index (χ0v) is 11.2. The molecule has 0 heterocycles. The fourth-order valence-corrected chi connectivity index (χ4v) is 2.53. The van der Waals surface area contributed by atoms with Crippen LogP contribution in [-0.2, 0) is 19.6 Å². The highest BCUT2D eigenvalue weighted by Gasteiger charge is 2.26. The van der Waals surface area contributed by atoms with Crippen LogP contribution >= 0.6 is 0 Å². The number of para-hydroxylation sites is 1. The number of nitrogens with one attached hydrogen (secondary N) is 1. The van der Waals surface area contributed by atoms with Gasteiger partial charge in [-0.3, -0.25) is 10.1 Å². The van der Waals surface area contributed by atoms with Crippen LogP contribution in [0, 0.1) is 10.1 Å². The molecule has 20 heavy (non-hydrogen) atoms. The second-order valence-electron chi connectivity index (χ2n) is 3.62. The second kappa shape index (κ2) is 6.41.